The number of rotatable bonds is 30. The molecular weight excluding hydrogens is 1540 g/mol. The highest BCUT2D eigenvalue weighted by molar-refractivity contribution is 7.99. The third kappa shape index (κ3) is 25.5. The molecule has 9 aromatic heterocycles. The summed E-state index contributed by atoms with van der Waals surface area (Å²) in [6, 6.07) is 21.7. The van der Waals surface area contributed by atoms with Crippen molar-refractivity contribution in [3.05, 3.63) is 249 Å². The van der Waals surface area contributed by atoms with Gasteiger partial charge in [0.2, 0.25) is 23.6 Å². The molecule has 40 heteroatoms. The van der Waals surface area contributed by atoms with Gasteiger partial charge in [-0.1, -0.05) is 61.6 Å². The summed E-state index contributed by atoms with van der Waals surface area (Å²) in [5.41, 5.74) is -2.55. The lowest BCUT2D eigenvalue weighted by Gasteiger charge is -2.25. The molecule has 0 aliphatic heterocycles. The molecule has 0 spiro atoms. The number of carbonyl (C=O) groups is 4. The summed E-state index contributed by atoms with van der Waals surface area (Å²) in [7, 11) is 0. The molecule has 0 radical (unpaired) electrons. The van der Waals surface area contributed by atoms with E-state index in [9.17, 15) is 75.5 Å². The van der Waals surface area contributed by atoms with Crippen LogP contribution in [0, 0.1) is 28.0 Å². The Labute approximate surface area is 642 Å². The van der Waals surface area contributed by atoms with Crippen molar-refractivity contribution in [1.82, 2.24) is 64.9 Å². The normalized spacial score (nSPS) is 11.6. The highest BCUT2D eigenvalue weighted by Crippen LogP contribution is 2.31. The maximum Gasteiger partial charge on any atom is 0.347 e. The summed E-state index contributed by atoms with van der Waals surface area (Å²) >= 11 is 21.2. The summed E-state index contributed by atoms with van der Waals surface area (Å²) < 4.78 is 89.8. The molecule has 29 nitrogen and oxygen atoms in total. The summed E-state index contributed by atoms with van der Waals surface area (Å²) in [5.74, 6) is -12.5. The van der Waals surface area contributed by atoms with Gasteiger partial charge in [-0.25, -0.2) is 15.0 Å². The van der Waals surface area contributed by atoms with Crippen LogP contribution in [-0.2, 0) is 76.2 Å². The van der Waals surface area contributed by atoms with E-state index < -0.39 is 132 Å². The fourth-order valence-electron chi connectivity index (χ4n) is 9.49. The Morgan fingerprint density at radius 2 is 0.789 bits per heavy atom. The smallest absolute Gasteiger partial charge is 0.347 e. The summed E-state index contributed by atoms with van der Waals surface area (Å²) in [5, 5.41) is 52.2. The molecule has 0 saturated heterocycles. The number of thioether (sulfide) groups is 2. The first-order chi connectivity index (χ1) is 51.3. The van der Waals surface area contributed by atoms with Crippen molar-refractivity contribution in [3.63, 3.8) is 0 Å². The number of halogens is 9. The first kappa shape index (κ1) is 85.6. The van der Waals surface area contributed by atoms with E-state index in [1.807, 2.05) is 45.0 Å². The van der Waals surface area contributed by atoms with Crippen molar-refractivity contribution >= 4 is 99.4 Å². The van der Waals surface area contributed by atoms with Crippen LogP contribution < -0.4 is 68.1 Å². The number of alkyl halides is 6. The Balaban J connectivity index is 0.000000229. The number of aryl methyl sites for hydroxylation is 1. The zero-order valence-corrected chi connectivity index (χ0v) is 63.2. The number of anilines is 3. The van der Waals surface area contributed by atoms with Gasteiger partial charge in [-0.3, -0.25) is 62.2 Å². The number of carbonyl (C=O) groups excluding carboxylic acids is 4. The van der Waals surface area contributed by atoms with Gasteiger partial charge in [0.05, 0.1) is 74.9 Å². The molecule has 0 bridgehead atoms. The van der Waals surface area contributed by atoms with Crippen LogP contribution in [0.15, 0.2) is 171 Å². The van der Waals surface area contributed by atoms with E-state index >= 15 is 0 Å². The van der Waals surface area contributed by atoms with Crippen LogP contribution >= 0.6 is 58.3 Å². The third-order valence-corrected chi connectivity index (χ3v) is 19.0. The van der Waals surface area contributed by atoms with Gasteiger partial charge in [0, 0.05) is 88.7 Å². The number of hydrogen-bond donors (Lipinski definition) is 7. The standard InChI is InChI=1S/C25H28ClF2N7O4S.C24H27ClF2N6O3S.C20H19ClF2N6O3/c1-16(36)33-24(2,3)15-40-18-7-6-9-29-17(18)11-30-21(37)13-34-20(26)12-31-22(23(34)38)32-14-25(27,28)19-8-4-5-10-35(19)39;1-23(2,3)15-37-17-7-6-9-28-16(17)11-29-20(34)13-32-19(25)12-30-21(22(32)35)31-14-24(26,27)18-8-4-5-10-33(18)36;1-13-5-4-7-24-14(13)9-25-17(30)11-28-16(21)10-26-18(19(28)31)27-12-20(22,23)15-6-2-3-8-29(15)32/h4-10,12H,11,13-15H2,1-3H3,(H,30,37)(H,31,32)(H,33,36);4-10,12H,11,13-15H2,1-3H3,(H,29,34)(H,30,31);2-8,10H,9,11-12H2,1H3,(H,25,30)(H,26,27). The van der Waals surface area contributed by atoms with E-state index in [1.54, 1.807) is 42.5 Å². The number of nitrogens with one attached hydrogen (secondary N) is 7. The minimum atomic E-state index is -3.62. The Kier molecular flexibility index (Phi) is 30.2. The van der Waals surface area contributed by atoms with E-state index in [4.69, 9.17) is 34.8 Å². The van der Waals surface area contributed by atoms with Crippen molar-refractivity contribution in [3.8, 4) is 0 Å². The average Bonchev–Trinajstić information content (AvgIpc) is 0.817. The van der Waals surface area contributed by atoms with Crippen molar-refractivity contribution in [2.24, 2.45) is 5.41 Å². The van der Waals surface area contributed by atoms with E-state index in [2.05, 4.69) is 87.9 Å². The number of nitrogens with zero attached hydrogens (tertiary/aromatic N) is 12. The summed E-state index contributed by atoms with van der Waals surface area (Å²) in [6.07, 6.45) is 10.8. The fourth-order valence-corrected chi connectivity index (χ4v) is 12.2. The van der Waals surface area contributed by atoms with E-state index in [1.165, 1.54) is 55.1 Å². The van der Waals surface area contributed by atoms with Crippen LogP contribution in [0.1, 0.15) is 81.3 Å². The molecule has 0 unspecified atom stereocenters. The van der Waals surface area contributed by atoms with Gasteiger partial charge in [0.1, 0.15) is 35.1 Å². The monoisotopic (exact) mass is 1610 g/mol. The average molecular weight is 1610 g/mol. The van der Waals surface area contributed by atoms with Gasteiger partial charge >= 0.3 is 17.8 Å². The lowest BCUT2D eigenvalue weighted by Crippen LogP contribution is -2.44. The molecule has 0 atom stereocenters. The van der Waals surface area contributed by atoms with Crippen LogP contribution in [0.4, 0.5) is 43.8 Å². The Hall–Kier alpha value is -10.6. The summed E-state index contributed by atoms with van der Waals surface area (Å²) in [6.45, 7) is 9.14. The van der Waals surface area contributed by atoms with Crippen LogP contribution in [0.3, 0.4) is 0 Å². The topological polar surface area (TPSA) is 377 Å². The minimum Gasteiger partial charge on any atom is -0.618 e. The minimum absolute atomic E-state index is 0.0367. The highest BCUT2D eigenvalue weighted by Gasteiger charge is 2.42. The van der Waals surface area contributed by atoms with E-state index in [-0.39, 0.29) is 60.6 Å². The molecule has 4 amide bonds. The Morgan fingerprint density at radius 1 is 0.468 bits per heavy atom. The molecule has 580 valence electrons. The number of amides is 4. The molecule has 0 saturated carbocycles. The molecule has 0 aliphatic carbocycles. The second kappa shape index (κ2) is 38.4. The highest BCUT2D eigenvalue weighted by atomic mass is 35.5. The van der Waals surface area contributed by atoms with Crippen molar-refractivity contribution < 1.29 is 59.7 Å². The van der Waals surface area contributed by atoms with E-state index in [0.717, 1.165) is 90.2 Å². The van der Waals surface area contributed by atoms with Crippen LogP contribution in [-0.4, -0.2) is 104 Å². The first-order valence-electron chi connectivity index (χ1n) is 32.6. The molecule has 0 fully saturated rings. The fraction of sp³-hybridized carbons (Fsp3) is 0.333. The van der Waals surface area contributed by atoms with Crippen LogP contribution in [0.5, 0.6) is 0 Å². The van der Waals surface area contributed by atoms with Gasteiger partial charge in [0.25, 0.3) is 33.8 Å². The first-order valence-corrected chi connectivity index (χ1v) is 35.8. The predicted octanol–water partition coefficient (Wildman–Crippen LogP) is 7.79. The second-order valence-electron chi connectivity index (χ2n) is 25.6. The number of aromatic nitrogens is 12. The van der Waals surface area contributed by atoms with Crippen molar-refractivity contribution in [2.45, 2.75) is 121 Å². The maximum absolute atomic E-state index is 14.6. The van der Waals surface area contributed by atoms with Gasteiger partial charge in [-0.2, -0.15) is 40.5 Å². The molecule has 0 aromatic carbocycles. The Morgan fingerprint density at radius 3 is 1.11 bits per heavy atom. The zero-order valence-electron chi connectivity index (χ0n) is 59.3. The Bertz CT molecular complexity index is 4890. The molecule has 9 aromatic rings. The van der Waals surface area contributed by atoms with Gasteiger partial charge in [-0.05, 0) is 80.3 Å². The molecule has 9 rings (SSSR count). The second-order valence-corrected chi connectivity index (χ2v) is 28.8. The zero-order chi connectivity index (χ0) is 80.0. The van der Waals surface area contributed by atoms with Crippen molar-refractivity contribution in [1.29, 1.82) is 0 Å². The maximum atomic E-state index is 14.6. The third-order valence-electron chi connectivity index (χ3n) is 14.9. The van der Waals surface area contributed by atoms with Gasteiger partial charge < -0.3 is 52.8 Å². The number of hydrogen-bond acceptors (Lipinski definition) is 21. The van der Waals surface area contributed by atoms with Crippen LogP contribution in [0.2, 0.25) is 15.5 Å². The molecule has 7 N–H and O–H groups in total. The quantitative estimate of drug-likeness (QED) is 0.00977. The molecule has 109 heavy (non-hydrogen) atoms. The largest absolute Gasteiger partial charge is 0.618 e. The number of pyridine rings is 6. The molecular formula is C69H74Cl3F6N19O10S2. The summed E-state index contributed by atoms with van der Waals surface area (Å²) in [4.78, 5) is 113. The lowest BCUT2D eigenvalue weighted by atomic mass is 10.0. The predicted molar refractivity (Wildman–Crippen MR) is 396 cm³/mol. The van der Waals surface area contributed by atoms with Crippen LogP contribution in [0.25, 0.3) is 0 Å². The van der Waals surface area contributed by atoms with Gasteiger partial charge in [-0.15, -0.1) is 23.5 Å². The SMILES string of the molecule is CC(=O)NC(C)(C)CSc1cccnc1CNC(=O)Cn1c(Cl)cnc(NCC(F)(F)c2cccc[n+]2[O-])c1=O.CC(C)(C)CSc1cccnc1CNC(=O)Cn1c(Cl)cnc(NCC(F)(F)c2cccc[n+]2[O-])c1=O.Cc1cccnc1CNC(=O)Cn1c(Cl)cnc(NCC(F)(F)c2cccc[n+]2[O-])c1=O. The van der Waals surface area contributed by atoms with E-state index in [0.29, 0.717) is 22.8 Å². The molecule has 0 aliphatic rings. The van der Waals surface area contributed by atoms with Gasteiger partial charge in [0.15, 0.2) is 36.0 Å². The molecule has 9 heterocycles. The lowest BCUT2D eigenvalue weighted by molar-refractivity contribution is -0.624. The van der Waals surface area contributed by atoms with Crippen molar-refractivity contribution in [2.75, 3.05) is 47.1 Å².